The summed E-state index contributed by atoms with van der Waals surface area (Å²) in [5.41, 5.74) is 4.05. The number of carbonyl (C=O) groups excluding carboxylic acids is 2. The van der Waals surface area contributed by atoms with Crippen LogP contribution >= 0.6 is 38.5 Å². The molecule has 2 amide bonds. The molecule has 0 aliphatic heterocycles. The molecule has 0 aromatic heterocycles. The van der Waals surface area contributed by atoms with Crippen LogP contribution in [0.15, 0.2) is 46.0 Å². The first-order valence-electron chi connectivity index (χ1n) is 6.76. The molecular weight excluding hydrogens is 489 g/mol. The lowest BCUT2D eigenvalue weighted by atomic mass is 10.2. The van der Waals surface area contributed by atoms with Crippen LogP contribution in [-0.4, -0.2) is 23.1 Å². The number of aromatic hydroxyl groups is 1. The number of phenols is 1. The summed E-state index contributed by atoms with van der Waals surface area (Å²) >= 11 is 5.24. The van der Waals surface area contributed by atoms with Crippen LogP contribution in [-0.2, 0) is 4.79 Å². The number of phenolic OH excluding ortho intramolecular Hbond substituents is 1. The molecule has 2 aromatic carbocycles. The van der Waals surface area contributed by atoms with Gasteiger partial charge in [0.15, 0.2) is 0 Å². The highest BCUT2D eigenvalue weighted by Gasteiger charge is 2.07. The highest BCUT2D eigenvalue weighted by atomic mass is 127. The summed E-state index contributed by atoms with van der Waals surface area (Å²) in [6, 6.07) is 9.96. The first-order chi connectivity index (χ1) is 11.4. The Hall–Kier alpha value is -1.94. The van der Waals surface area contributed by atoms with Gasteiger partial charge in [-0.2, -0.15) is 5.10 Å². The summed E-state index contributed by atoms with van der Waals surface area (Å²) in [6.07, 6.45) is 1.47. The second kappa shape index (κ2) is 8.25. The van der Waals surface area contributed by atoms with Crippen molar-refractivity contribution in [1.82, 2.24) is 5.43 Å². The minimum Gasteiger partial charge on any atom is -0.506 e. The lowest BCUT2D eigenvalue weighted by Crippen LogP contribution is -2.18. The molecule has 0 fully saturated rings. The molecule has 0 saturated heterocycles. The molecule has 0 unspecified atom stereocenters. The maximum atomic E-state index is 12.1. The van der Waals surface area contributed by atoms with E-state index in [-0.39, 0.29) is 11.7 Å². The van der Waals surface area contributed by atoms with Crippen LogP contribution in [0.3, 0.4) is 0 Å². The van der Waals surface area contributed by atoms with E-state index in [0.29, 0.717) is 19.3 Å². The zero-order valence-corrected chi connectivity index (χ0v) is 16.3. The Labute approximate surface area is 160 Å². The van der Waals surface area contributed by atoms with E-state index in [4.69, 9.17) is 0 Å². The molecule has 0 heterocycles. The van der Waals surface area contributed by atoms with Crippen molar-refractivity contribution >= 4 is 62.2 Å². The Balaban J connectivity index is 2.06. The van der Waals surface area contributed by atoms with Gasteiger partial charge in [-0.3, -0.25) is 9.59 Å². The van der Waals surface area contributed by atoms with Crippen molar-refractivity contribution < 1.29 is 14.7 Å². The third kappa shape index (κ3) is 5.03. The Kier molecular flexibility index (Phi) is 6.32. The number of carbonyl (C=O) groups is 2. The summed E-state index contributed by atoms with van der Waals surface area (Å²) < 4.78 is 1.21. The molecule has 0 radical (unpaired) electrons. The van der Waals surface area contributed by atoms with Gasteiger partial charge in [-0.25, -0.2) is 5.43 Å². The van der Waals surface area contributed by atoms with Gasteiger partial charge in [0, 0.05) is 18.2 Å². The van der Waals surface area contributed by atoms with E-state index in [9.17, 15) is 14.7 Å². The summed E-state index contributed by atoms with van der Waals surface area (Å²) in [5, 5.41) is 16.2. The third-order valence-electron chi connectivity index (χ3n) is 2.86. The fraction of sp³-hybridized carbons (Fsp3) is 0.0625. The lowest BCUT2D eigenvalue weighted by molar-refractivity contribution is -0.114. The maximum Gasteiger partial charge on any atom is 0.271 e. The standard InChI is InChI=1S/C16H13BrIN3O3/c1-9(22)20-12-4-2-3-11(7-12)16(24)21-19-8-10-5-13(17)15(23)14(18)6-10/h2-8,23H,1H3,(H,20,22)(H,21,24)/b19-8-. The lowest BCUT2D eigenvalue weighted by Gasteiger charge is -2.05. The van der Waals surface area contributed by atoms with Gasteiger partial charge in [0.05, 0.1) is 14.3 Å². The highest BCUT2D eigenvalue weighted by molar-refractivity contribution is 14.1. The second-order valence-electron chi connectivity index (χ2n) is 4.79. The molecule has 124 valence electrons. The molecule has 0 atom stereocenters. The number of nitrogens with zero attached hydrogens (tertiary/aromatic N) is 1. The number of amides is 2. The highest BCUT2D eigenvalue weighted by Crippen LogP contribution is 2.29. The van der Waals surface area contributed by atoms with Crippen LogP contribution in [0.5, 0.6) is 5.75 Å². The number of rotatable bonds is 4. The van der Waals surface area contributed by atoms with Gasteiger partial charge >= 0.3 is 0 Å². The molecular formula is C16H13BrIN3O3. The average molecular weight is 502 g/mol. The van der Waals surface area contributed by atoms with Crippen molar-refractivity contribution in [1.29, 1.82) is 0 Å². The topological polar surface area (TPSA) is 90.8 Å². The summed E-state index contributed by atoms with van der Waals surface area (Å²) in [7, 11) is 0. The maximum absolute atomic E-state index is 12.1. The Bertz CT molecular complexity index is 801. The van der Waals surface area contributed by atoms with E-state index in [0.717, 1.165) is 5.56 Å². The first kappa shape index (κ1) is 18.4. The molecule has 0 saturated carbocycles. The SMILES string of the molecule is CC(=O)Nc1cccc(C(=O)N/N=C\c2cc(Br)c(O)c(I)c2)c1. The minimum atomic E-state index is -0.397. The molecule has 0 aliphatic carbocycles. The smallest absolute Gasteiger partial charge is 0.271 e. The van der Waals surface area contributed by atoms with Crippen LogP contribution < -0.4 is 10.7 Å². The number of hydrazone groups is 1. The van der Waals surface area contributed by atoms with Crippen molar-refractivity contribution in [3.05, 3.63) is 55.6 Å². The first-order valence-corrected chi connectivity index (χ1v) is 8.63. The molecule has 0 spiro atoms. The van der Waals surface area contributed by atoms with E-state index in [1.165, 1.54) is 13.1 Å². The molecule has 2 aromatic rings. The number of benzene rings is 2. The van der Waals surface area contributed by atoms with Crippen molar-refractivity contribution in [3.8, 4) is 5.75 Å². The number of hydrogen-bond acceptors (Lipinski definition) is 4. The van der Waals surface area contributed by atoms with Gasteiger partial charge in [-0.1, -0.05) is 6.07 Å². The number of hydrogen-bond donors (Lipinski definition) is 3. The van der Waals surface area contributed by atoms with Gasteiger partial charge in [0.2, 0.25) is 5.91 Å². The quantitative estimate of drug-likeness (QED) is 0.340. The van der Waals surface area contributed by atoms with Gasteiger partial charge in [-0.05, 0) is 74.4 Å². The molecule has 8 heteroatoms. The Morgan fingerprint density at radius 2 is 2.04 bits per heavy atom. The zero-order valence-electron chi connectivity index (χ0n) is 12.5. The van der Waals surface area contributed by atoms with E-state index in [1.807, 2.05) is 22.6 Å². The molecule has 2 rings (SSSR count). The van der Waals surface area contributed by atoms with Crippen molar-refractivity contribution in [2.24, 2.45) is 5.10 Å². The number of anilines is 1. The molecule has 3 N–H and O–H groups in total. The molecule has 24 heavy (non-hydrogen) atoms. The predicted molar refractivity (Wildman–Crippen MR) is 104 cm³/mol. The van der Waals surface area contributed by atoms with Crippen LogP contribution in [0.25, 0.3) is 0 Å². The molecule has 0 aliphatic rings. The minimum absolute atomic E-state index is 0.159. The Morgan fingerprint density at radius 1 is 1.29 bits per heavy atom. The van der Waals surface area contributed by atoms with E-state index in [2.05, 4.69) is 31.8 Å². The van der Waals surface area contributed by atoms with E-state index >= 15 is 0 Å². The van der Waals surface area contributed by atoms with Crippen LogP contribution in [0.2, 0.25) is 0 Å². The Morgan fingerprint density at radius 3 is 2.71 bits per heavy atom. The number of halogens is 2. The predicted octanol–water partition coefficient (Wildman–Crippen LogP) is 3.48. The van der Waals surface area contributed by atoms with Crippen LogP contribution in [0.4, 0.5) is 5.69 Å². The average Bonchev–Trinajstić information content (AvgIpc) is 2.52. The van der Waals surface area contributed by atoms with Crippen molar-refractivity contribution in [3.63, 3.8) is 0 Å². The third-order valence-corrected chi connectivity index (χ3v) is 4.29. The van der Waals surface area contributed by atoms with Gasteiger partial charge < -0.3 is 10.4 Å². The number of nitrogens with one attached hydrogen (secondary N) is 2. The van der Waals surface area contributed by atoms with Gasteiger partial charge in [-0.15, -0.1) is 0 Å². The molecule has 6 nitrogen and oxygen atoms in total. The summed E-state index contributed by atoms with van der Waals surface area (Å²) in [5.74, 6) is -0.448. The van der Waals surface area contributed by atoms with E-state index in [1.54, 1.807) is 36.4 Å². The summed E-state index contributed by atoms with van der Waals surface area (Å²) in [6.45, 7) is 1.40. The van der Waals surface area contributed by atoms with Gasteiger partial charge in [0.25, 0.3) is 5.91 Å². The van der Waals surface area contributed by atoms with Gasteiger partial charge in [0.1, 0.15) is 5.75 Å². The summed E-state index contributed by atoms with van der Waals surface area (Å²) in [4.78, 5) is 23.1. The largest absolute Gasteiger partial charge is 0.506 e. The second-order valence-corrected chi connectivity index (χ2v) is 6.81. The van der Waals surface area contributed by atoms with Crippen molar-refractivity contribution in [2.45, 2.75) is 6.92 Å². The fourth-order valence-corrected chi connectivity index (χ4v) is 3.33. The van der Waals surface area contributed by atoms with Crippen molar-refractivity contribution in [2.75, 3.05) is 5.32 Å². The molecule has 0 bridgehead atoms. The normalized spacial score (nSPS) is 10.6. The van der Waals surface area contributed by atoms with Crippen LogP contribution in [0, 0.1) is 3.57 Å². The fourth-order valence-electron chi connectivity index (χ4n) is 1.83. The monoisotopic (exact) mass is 501 g/mol. The van der Waals surface area contributed by atoms with Crippen LogP contribution in [0.1, 0.15) is 22.8 Å². The zero-order chi connectivity index (χ0) is 17.7. The van der Waals surface area contributed by atoms with E-state index < -0.39 is 5.91 Å².